The van der Waals surface area contributed by atoms with Crippen LogP contribution < -0.4 is 5.32 Å². The number of carbonyl (C=O) groups is 2. The van der Waals surface area contributed by atoms with E-state index in [1.807, 2.05) is 12.1 Å². The number of nitrogens with one attached hydrogen (secondary N) is 1. The van der Waals surface area contributed by atoms with E-state index in [0.717, 1.165) is 12.8 Å². The maximum absolute atomic E-state index is 12.5. The first kappa shape index (κ1) is 18.2. The highest BCUT2D eigenvalue weighted by atomic mass is 16.6. The minimum Gasteiger partial charge on any atom is -0.439 e. The monoisotopic (exact) mass is 386 g/mol. The van der Waals surface area contributed by atoms with Crippen LogP contribution in [-0.2, 0) is 11.2 Å². The number of rotatable bonds is 4. The van der Waals surface area contributed by atoms with E-state index >= 15 is 0 Å². The van der Waals surface area contributed by atoms with Gasteiger partial charge in [-0.3, -0.25) is 4.98 Å². The third-order valence-corrected chi connectivity index (χ3v) is 4.94. The summed E-state index contributed by atoms with van der Waals surface area (Å²) in [4.78, 5) is 35.9. The van der Waals surface area contributed by atoms with Gasteiger partial charge >= 0.3 is 12.1 Å². The summed E-state index contributed by atoms with van der Waals surface area (Å²) in [5.74, 6) is 0.856. The van der Waals surface area contributed by atoms with E-state index in [2.05, 4.69) is 20.4 Å². The molecule has 0 aliphatic carbocycles. The van der Waals surface area contributed by atoms with Crippen LogP contribution in [0.15, 0.2) is 28.9 Å². The van der Waals surface area contributed by atoms with Crippen LogP contribution in [-0.4, -0.2) is 75.9 Å². The first-order valence-electron chi connectivity index (χ1n) is 9.26. The molecule has 1 unspecified atom stereocenters. The molecule has 3 amide bonds. The van der Waals surface area contributed by atoms with Crippen LogP contribution in [0.25, 0.3) is 11.5 Å². The highest BCUT2D eigenvalue weighted by Gasteiger charge is 2.47. The number of amides is 3. The van der Waals surface area contributed by atoms with Crippen molar-refractivity contribution in [3.8, 4) is 11.5 Å². The molecule has 28 heavy (non-hydrogen) atoms. The van der Waals surface area contributed by atoms with E-state index in [0.29, 0.717) is 50.0 Å². The summed E-state index contributed by atoms with van der Waals surface area (Å²) in [6.45, 7) is 1.91. The molecular formula is C18H22N6O4. The second-order valence-corrected chi connectivity index (χ2v) is 7.14. The summed E-state index contributed by atoms with van der Waals surface area (Å²) >= 11 is 0. The van der Waals surface area contributed by atoms with Crippen molar-refractivity contribution >= 4 is 12.1 Å². The van der Waals surface area contributed by atoms with E-state index < -0.39 is 5.60 Å². The van der Waals surface area contributed by atoms with Crippen molar-refractivity contribution in [3.63, 3.8) is 0 Å². The summed E-state index contributed by atoms with van der Waals surface area (Å²) in [5.41, 5.74) is 0.0436. The third-order valence-electron chi connectivity index (χ3n) is 4.94. The predicted molar refractivity (Wildman–Crippen MR) is 97.3 cm³/mol. The second-order valence-electron chi connectivity index (χ2n) is 7.14. The maximum Gasteiger partial charge on any atom is 0.410 e. The fourth-order valence-electron chi connectivity index (χ4n) is 3.62. The number of aromatic nitrogens is 3. The van der Waals surface area contributed by atoms with Gasteiger partial charge in [0.1, 0.15) is 11.3 Å². The number of nitrogens with zero attached hydrogens (tertiary/aromatic N) is 5. The number of piperidine rings is 1. The fourth-order valence-corrected chi connectivity index (χ4v) is 3.62. The van der Waals surface area contributed by atoms with E-state index in [9.17, 15) is 9.59 Å². The van der Waals surface area contributed by atoms with Crippen molar-refractivity contribution in [1.29, 1.82) is 0 Å². The average Bonchev–Trinajstić information content (AvgIpc) is 3.27. The highest BCUT2D eigenvalue weighted by Crippen LogP contribution is 2.31. The van der Waals surface area contributed by atoms with E-state index in [1.165, 1.54) is 0 Å². The van der Waals surface area contributed by atoms with Gasteiger partial charge in [-0.25, -0.2) is 9.59 Å². The Labute approximate surface area is 161 Å². The molecule has 10 nitrogen and oxygen atoms in total. The Balaban J connectivity index is 1.28. The number of likely N-dealkylation sites (tertiary alicyclic amines) is 1. The summed E-state index contributed by atoms with van der Waals surface area (Å²) < 4.78 is 10.7. The van der Waals surface area contributed by atoms with Crippen molar-refractivity contribution < 1.29 is 18.8 Å². The number of pyridine rings is 1. The molecule has 2 aliphatic rings. The summed E-state index contributed by atoms with van der Waals surface area (Å²) in [7, 11) is 1.71. The van der Waals surface area contributed by atoms with Crippen LogP contribution in [0.3, 0.4) is 0 Å². The molecule has 4 rings (SSSR count). The Morgan fingerprint density at radius 1 is 1.36 bits per heavy atom. The van der Waals surface area contributed by atoms with Gasteiger partial charge in [-0.15, -0.1) is 0 Å². The second kappa shape index (κ2) is 7.45. The van der Waals surface area contributed by atoms with Crippen molar-refractivity contribution in [2.45, 2.75) is 24.9 Å². The first-order chi connectivity index (χ1) is 13.5. The van der Waals surface area contributed by atoms with Gasteiger partial charge in [-0.2, -0.15) is 4.98 Å². The standard InChI is InChI=1S/C18H22N6O4/c1-23-11-18(27-17(23)26)7-4-10-24(12-18)16(25)20-9-6-14-21-15(22-28-14)13-5-2-3-8-19-13/h2-3,5,8H,4,6-7,9-12H2,1H3,(H,20,25). The van der Waals surface area contributed by atoms with Gasteiger partial charge in [0.15, 0.2) is 0 Å². The molecule has 0 aromatic carbocycles. The summed E-state index contributed by atoms with van der Waals surface area (Å²) in [6.07, 6.45) is 3.32. The molecule has 2 aromatic rings. The number of carbonyl (C=O) groups excluding carboxylic acids is 2. The van der Waals surface area contributed by atoms with Gasteiger partial charge in [0.2, 0.25) is 11.7 Å². The van der Waals surface area contributed by atoms with Crippen molar-refractivity contribution in [1.82, 2.24) is 30.2 Å². The Morgan fingerprint density at radius 3 is 3.00 bits per heavy atom. The molecular weight excluding hydrogens is 364 g/mol. The maximum atomic E-state index is 12.5. The predicted octanol–water partition coefficient (Wildman–Crippen LogP) is 1.30. The lowest BCUT2D eigenvalue weighted by Crippen LogP contribution is -2.54. The zero-order valence-electron chi connectivity index (χ0n) is 15.6. The highest BCUT2D eigenvalue weighted by molar-refractivity contribution is 5.75. The Hall–Kier alpha value is -3.17. The van der Waals surface area contributed by atoms with Gasteiger partial charge in [-0.05, 0) is 25.0 Å². The number of likely N-dealkylation sites (N-methyl/N-ethyl adjacent to an activating group) is 1. The summed E-state index contributed by atoms with van der Waals surface area (Å²) in [6, 6.07) is 5.28. The molecule has 2 fully saturated rings. The average molecular weight is 386 g/mol. The number of hydrogen-bond acceptors (Lipinski definition) is 7. The van der Waals surface area contributed by atoms with E-state index in [4.69, 9.17) is 9.26 Å². The number of urea groups is 1. The Morgan fingerprint density at radius 2 is 2.25 bits per heavy atom. The van der Waals surface area contributed by atoms with Crippen LogP contribution in [0.2, 0.25) is 0 Å². The lowest BCUT2D eigenvalue weighted by molar-refractivity contribution is 0.00323. The Kier molecular flexibility index (Phi) is 4.84. The van der Waals surface area contributed by atoms with Gasteiger partial charge in [0, 0.05) is 32.8 Å². The molecule has 0 radical (unpaired) electrons. The molecule has 1 spiro atoms. The van der Waals surface area contributed by atoms with Gasteiger partial charge in [0.05, 0.1) is 13.1 Å². The number of hydrogen-bond donors (Lipinski definition) is 1. The molecule has 1 N–H and O–H groups in total. The molecule has 10 heteroatoms. The normalized spacial score (nSPS) is 21.8. The largest absolute Gasteiger partial charge is 0.439 e. The van der Waals surface area contributed by atoms with Crippen molar-refractivity contribution in [2.75, 3.05) is 33.2 Å². The smallest absolute Gasteiger partial charge is 0.410 e. The van der Waals surface area contributed by atoms with Crippen molar-refractivity contribution in [2.24, 2.45) is 0 Å². The van der Waals surface area contributed by atoms with Crippen LogP contribution in [0, 0.1) is 0 Å². The molecule has 148 valence electrons. The van der Waals surface area contributed by atoms with Gasteiger partial charge in [-0.1, -0.05) is 11.2 Å². The van der Waals surface area contributed by atoms with Gasteiger partial charge in [0.25, 0.3) is 0 Å². The topological polar surface area (TPSA) is 114 Å². The molecule has 0 bridgehead atoms. The third kappa shape index (κ3) is 3.75. The molecule has 2 saturated heterocycles. The van der Waals surface area contributed by atoms with Crippen LogP contribution in [0.1, 0.15) is 18.7 Å². The zero-order chi connectivity index (χ0) is 19.6. The Bertz CT molecular complexity index is 857. The van der Waals surface area contributed by atoms with Crippen LogP contribution in [0.5, 0.6) is 0 Å². The van der Waals surface area contributed by atoms with E-state index in [-0.39, 0.29) is 12.1 Å². The quantitative estimate of drug-likeness (QED) is 0.842. The minimum atomic E-state index is -0.592. The van der Waals surface area contributed by atoms with Crippen LogP contribution >= 0.6 is 0 Å². The molecule has 0 saturated carbocycles. The first-order valence-corrected chi connectivity index (χ1v) is 9.26. The minimum absolute atomic E-state index is 0.186. The van der Waals surface area contributed by atoms with Gasteiger partial charge < -0.3 is 24.4 Å². The molecule has 2 aromatic heterocycles. The molecule has 4 heterocycles. The molecule has 2 aliphatic heterocycles. The molecule has 1 atom stereocenters. The van der Waals surface area contributed by atoms with Crippen LogP contribution in [0.4, 0.5) is 9.59 Å². The SMILES string of the molecule is CN1CC2(CCCN(C(=O)NCCc3nc(-c4ccccn4)no3)C2)OC1=O. The fraction of sp³-hybridized carbons (Fsp3) is 0.500. The lowest BCUT2D eigenvalue weighted by Gasteiger charge is -2.38. The summed E-state index contributed by atoms with van der Waals surface area (Å²) in [5, 5.41) is 6.78. The number of ether oxygens (including phenoxy) is 1. The lowest BCUT2D eigenvalue weighted by atomic mass is 9.93. The van der Waals surface area contributed by atoms with Crippen molar-refractivity contribution in [3.05, 3.63) is 30.3 Å². The van der Waals surface area contributed by atoms with E-state index in [1.54, 1.807) is 29.1 Å². The zero-order valence-corrected chi connectivity index (χ0v) is 15.6.